The molecule has 0 saturated heterocycles. The number of fused-ring (bicyclic) bond motifs is 1. The van der Waals surface area contributed by atoms with Crippen molar-refractivity contribution in [2.24, 2.45) is 0 Å². The van der Waals surface area contributed by atoms with Crippen molar-refractivity contribution in [2.75, 3.05) is 26.9 Å². The summed E-state index contributed by atoms with van der Waals surface area (Å²) in [6, 6.07) is 1.61. The van der Waals surface area contributed by atoms with E-state index in [0.717, 1.165) is 33.3 Å². The molecule has 0 aliphatic rings. The number of rotatable bonds is 6. The van der Waals surface area contributed by atoms with Crippen LogP contribution in [0, 0.1) is 13.8 Å². The van der Waals surface area contributed by atoms with Crippen LogP contribution in [-0.2, 0) is 11.3 Å². The highest BCUT2D eigenvalue weighted by Crippen LogP contribution is 2.43. The van der Waals surface area contributed by atoms with E-state index in [1.54, 1.807) is 36.8 Å². The van der Waals surface area contributed by atoms with E-state index in [-0.39, 0.29) is 18.5 Å². The minimum atomic E-state index is -0.275. The smallest absolute Gasteiger partial charge is 0.243 e. The summed E-state index contributed by atoms with van der Waals surface area (Å²) in [4.78, 5) is 22.2. The van der Waals surface area contributed by atoms with E-state index in [9.17, 15) is 4.79 Å². The summed E-state index contributed by atoms with van der Waals surface area (Å²) in [5, 5.41) is 10.4. The summed E-state index contributed by atoms with van der Waals surface area (Å²) < 4.78 is 9.31. The van der Waals surface area contributed by atoms with Crippen LogP contribution in [0.25, 0.3) is 22.2 Å². The maximum absolute atomic E-state index is 12.1. The van der Waals surface area contributed by atoms with E-state index in [0.29, 0.717) is 22.2 Å². The van der Waals surface area contributed by atoms with Crippen LogP contribution < -0.4 is 10.5 Å². The van der Waals surface area contributed by atoms with E-state index < -0.39 is 0 Å². The fraction of sp³-hybridized carbons (Fsp3) is 0.348. The van der Waals surface area contributed by atoms with Crippen LogP contribution in [-0.4, -0.2) is 61.5 Å². The Morgan fingerprint density at radius 3 is 2.71 bits per heavy atom. The minimum Gasteiger partial charge on any atom is -0.496 e. The molecule has 3 aromatic heterocycles. The molecule has 0 bridgehead atoms. The maximum atomic E-state index is 12.1. The third kappa shape index (κ3) is 3.94. The Morgan fingerprint density at radius 2 is 2.03 bits per heavy atom. The summed E-state index contributed by atoms with van der Waals surface area (Å²) in [5.41, 5.74) is 10.7. The number of hydrogen-bond donors (Lipinski definition) is 1. The van der Waals surface area contributed by atoms with Crippen molar-refractivity contribution in [3.63, 3.8) is 0 Å². The Kier molecular flexibility index (Phi) is 6.18. The number of hydrogen-bond acceptors (Lipinski definition) is 7. The number of halogens is 1. The van der Waals surface area contributed by atoms with Crippen molar-refractivity contribution >= 4 is 34.4 Å². The van der Waals surface area contributed by atoms with Crippen LogP contribution in [0.4, 0.5) is 5.82 Å². The maximum Gasteiger partial charge on any atom is 0.243 e. The Bertz CT molecular complexity index is 1390. The van der Waals surface area contributed by atoms with Gasteiger partial charge in [0.2, 0.25) is 5.91 Å². The first-order valence-electron chi connectivity index (χ1n) is 10.7. The molecular weight excluding hydrogens is 456 g/mol. The van der Waals surface area contributed by atoms with E-state index in [1.807, 2.05) is 33.0 Å². The molecule has 34 heavy (non-hydrogen) atoms. The van der Waals surface area contributed by atoms with Crippen LogP contribution in [0.5, 0.6) is 5.75 Å². The fourth-order valence-electron chi connectivity index (χ4n) is 4.05. The molecule has 1 atom stereocenters. The van der Waals surface area contributed by atoms with Gasteiger partial charge in [-0.15, -0.1) is 0 Å². The number of nitrogens with two attached hydrogens (primary N) is 1. The molecule has 4 rings (SSSR count). The highest BCUT2D eigenvalue weighted by Gasteiger charge is 2.25. The molecule has 0 saturated carbocycles. The number of likely N-dealkylation sites (N-methyl/N-ethyl adjacent to an activating group) is 1. The van der Waals surface area contributed by atoms with E-state index >= 15 is 0 Å². The van der Waals surface area contributed by atoms with Gasteiger partial charge in [-0.25, -0.2) is 14.6 Å². The second kappa shape index (κ2) is 8.94. The van der Waals surface area contributed by atoms with Gasteiger partial charge in [0, 0.05) is 42.0 Å². The number of aryl methyl sites for hydroxylation is 1. The van der Waals surface area contributed by atoms with Gasteiger partial charge < -0.3 is 15.4 Å². The zero-order chi connectivity index (χ0) is 24.7. The van der Waals surface area contributed by atoms with Crippen molar-refractivity contribution in [2.45, 2.75) is 33.4 Å². The minimum absolute atomic E-state index is 0.0547. The summed E-state index contributed by atoms with van der Waals surface area (Å²) in [6.07, 6.45) is 4.95. The first-order chi connectivity index (χ1) is 16.1. The van der Waals surface area contributed by atoms with Crippen LogP contribution in [0.1, 0.15) is 29.8 Å². The number of carbonyl (C=O) groups excluding carboxylic acids is 1. The second-order valence-corrected chi connectivity index (χ2v) is 8.77. The van der Waals surface area contributed by atoms with Crippen LogP contribution >= 0.6 is 11.6 Å². The van der Waals surface area contributed by atoms with E-state index in [1.165, 1.54) is 11.2 Å². The zero-order valence-corrected chi connectivity index (χ0v) is 20.8. The van der Waals surface area contributed by atoms with Crippen molar-refractivity contribution in [3.8, 4) is 16.9 Å². The number of aromatic nitrogens is 6. The third-order valence-corrected chi connectivity index (χ3v) is 6.33. The first-order valence-corrected chi connectivity index (χ1v) is 11.1. The van der Waals surface area contributed by atoms with Crippen LogP contribution in [0.2, 0.25) is 5.02 Å². The lowest BCUT2D eigenvalue weighted by atomic mass is 9.95. The van der Waals surface area contributed by atoms with Gasteiger partial charge in [0.05, 0.1) is 30.4 Å². The first kappa shape index (κ1) is 23.5. The Morgan fingerprint density at radius 1 is 1.29 bits per heavy atom. The topological polar surface area (TPSA) is 117 Å². The number of benzene rings is 1. The standard InChI is InChI=1S/C23H27ClN8O2/c1-12-17(24)7-16(14(3)32-23-20(13(2)29-32)22(25)26-11-27-23)21(34-6)19(12)15-8-28-31(9-15)10-18(33)30(4)5/h7-9,11,14H,10H2,1-6H3,(H2,25,26,27). The normalized spacial score (nSPS) is 12.2. The number of anilines is 1. The molecule has 11 heteroatoms. The van der Waals surface area contributed by atoms with Crippen LogP contribution in [0.15, 0.2) is 24.8 Å². The van der Waals surface area contributed by atoms with Gasteiger partial charge in [-0.2, -0.15) is 10.2 Å². The summed E-state index contributed by atoms with van der Waals surface area (Å²) in [7, 11) is 5.04. The number of ether oxygens (including phenoxy) is 1. The average Bonchev–Trinajstić information content (AvgIpc) is 3.39. The van der Waals surface area contributed by atoms with Gasteiger partial charge in [0.1, 0.15) is 24.4 Å². The molecule has 2 N–H and O–H groups in total. The molecule has 10 nitrogen and oxygen atoms in total. The largest absolute Gasteiger partial charge is 0.496 e. The molecule has 0 fully saturated rings. The highest BCUT2D eigenvalue weighted by atomic mass is 35.5. The fourth-order valence-corrected chi connectivity index (χ4v) is 4.26. The van der Waals surface area contributed by atoms with E-state index in [2.05, 4.69) is 20.2 Å². The van der Waals surface area contributed by atoms with Crippen molar-refractivity contribution in [1.82, 2.24) is 34.4 Å². The molecule has 1 aromatic carbocycles. The summed E-state index contributed by atoms with van der Waals surface area (Å²) >= 11 is 6.69. The highest BCUT2D eigenvalue weighted by molar-refractivity contribution is 6.32. The zero-order valence-electron chi connectivity index (χ0n) is 20.0. The molecule has 0 spiro atoms. The van der Waals surface area contributed by atoms with Gasteiger partial charge in [0.25, 0.3) is 0 Å². The molecule has 178 valence electrons. The monoisotopic (exact) mass is 482 g/mol. The lowest BCUT2D eigenvalue weighted by molar-refractivity contribution is -0.129. The number of nitrogen functional groups attached to an aromatic ring is 1. The van der Waals surface area contributed by atoms with E-state index in [4.69, 9.17) is 22.1 Å². The van der Waals surface area contributed by atoms with Crippen molar-refractivity contribution in [3.05, 3.63) is 46.6 Å². The molecule has 1 unspecified atom stereocenters. The molecule has 1 amide bonds. The molecular formula is C23H27ClN8O2. The Balaban J connectivity index is 1.85. The van der Waals surface area contributed by atoms with Gasteiger partial charge in [-0.05, 0) is 32.4 Å². The Hall–Kier alpha value is -3.66. The van der Waals surface area contributed by atoms with Gasteiger partial charge in [-0.3, -0.25) is 9.48 Å². The van der Waals surface area contributed by atoms with Gasteiger partial charge in [-0.1, -0.05) is 11.6 Å². The predicted molar refractivity (Wildman–Crippen MR) is 131 cm³/mol. The van der Waals surface area contributed by atoms with Crippen molar-refractivity contribution in [1.29, 1.82) is 0 Å². The second-order valence-electron chi connectivity index (χ2n) is 8.36. The predicted octanol–water partition coefficient (Wildman–Crippen LogP) is 3.25. The molecule has 4 aromatic rings. The molecule has 0 aliphatic heterocycles. The van der Waals surface area contributed by atoms with Gasteiger partial charge >= 0.3 is 0 Å². The number of nitrogens with zero attached hydrogens (tertiary/aromatic N) is 7. The summed E-state index contributed by atoms with van der Waals surface area (Å²) in [5.74, 6) is 0.979. The van der Waals surface area contributed by atoms with Crippen molar-refractivity contribution < 1.29 is 9.53 Å². The number of methoxy groups -OCH3 is 1. The third-order valence-electron chi connectivity index (χ3n) is 5.94. The van der Waals surface area contributed by atoms with Crippen LogP contribution in [0.3, 0.4) is 0 Å². The molecule has 3 heterocycles. The molecule has 0 aliphatic carbocycles. The quantitative estimate of drug-likeness (QED) is 0.448. The van der Waals surface area contributed by atoms with Gasteiger partial charge in [0.15, 0.2) is 5.65 Å². The lowest BCUT2D eigenvalue weighted by Gasteiger charge is -2.21. The molecule has 0 radical (unpaired) electrons. The summed E-state index contributed by atoms with van der Waals surface area (Å²) in [6.45, 7) is 5.94. The Labute approximate surface area is 202 Å². The average molecular weight is 483 g/mol. The number of amides is 1. The SMILES string of the molecule is COc1c(C(C)n2nc(C)c3c(N)ncnc32)cc(Cl)c(C)c1-c1cnn(CC(=O)N(C)C)c1. The number of carbonyl (C=O) groups is 1. The lowest BCUT2D eigenvalue weighted by Crippen LogP contribution is -2.26.